The maximum atomic E-state index is 11.6. The Morgan fingerprint density at radius 3 is 1.36 bits per heavy atom. The second-order valence-electron chi connectivity index (χ2n) is 4.41. The lowest BCUT2D eigenvalue weighted by atomic mass is 10.2. The third kappa shape index (κ3) is 8.21. The Kier molecular flexibility index (Phi) is 7.60. The van der Waals surface area contributed by atoms with Crippen LogP contribution in [0.5, 0.6) is 0 Å². The van der Waals surface area contributed by atoms with E-state index < -0.39 is 6.03 Å². The smallest absolute Gasteiger partial charge is 0.315 e. The number of rotatable bonds is 4. The van der Waals surface area contributed by atoms with E-state index in [0.717, 1.165) is 11.1 Å². The van der Waals surface area contributed by atoms with Gasteiger partial charge in [-0.05, 0) is 11.1 Å². The summed E-state index contributed by atoms with van der Waals surface area (Å²) in [4.78, 5) is 20.6. The minimum atomic E-state index is -0.833. The molecule has 0 bridgehead atoms. The Hall–Kier alpha value is -3.02. The molecule has 6 N–H and O–H groups in total. The van der Waals surface area contributed by atoms with Gasteiger partial charge < -0.3 is 22.1 Å². The molecular weight excluding hydrogens is 280 g/mol. The number of nitrogens with one attached hydrogen (secondary N) is 2. The van der Waals surface area contributed by atoms with Gasteiger partial charge in [-0.2, -0.15) is 0 Å². The van der Waals surface area contributed by atoms with E-state index >= 15 is 0 Å². The average molecular weight is 300 g/mol. The fourth-order valence-corrected chi connectivity index (χ4v) is 1.62. The van der Waals surface area contributed by atoms with Crippen LogP contribution in [0, 0.1) is 0 Å². The largest absolute Gasteiger partial charge is 0.352 e. The van der Waals surface area contributed by atoms with Gasteiger partial charge in [-0.15, -0.1) is 0 Å². The van der Waals surface area contributed by atoms with E-state index in [1.165, 1.54) is 0 Å². The molecule has 6 heteroatoms. The average Bonchev–Trinajstić information content (AvgIpc) is 2.52. The molecule has 0 radical (unpaired) electrons. The number of hydrogen-bond donors (Lipinski definition) is 4. The topological polar surface area (TPSA) is 110 Å². The van der Waals surface area contributed by atoms with Crippen LogP contribution >= 0.6 is 0 Å². The van der Waals surface area contributed by atoms with Crippen molar-refractivity contribution in [2.45, 2.75) is 13.1 Å². The molecule has 116 valence electrons. The fraction of sp³-hybridized carbons (Fsp3) is 0.125. The van der Waals surface area contributed by atoms with Crippen LogP contribution in [-0.4, -0.2) is 12.1 Å². The minimum Gasteiger partial charge on any atom is -0.352 e. The van der Waals surface area contributed by atoms with Crippen LogP contribution in [0.3, 0.4) is 0 Å². The Labute approximate surface area is 129 Å². The lowest BCUT2D eigenvalue weighted by Crippen LogP contribution is -2.34. The van der Waals surface area contributed by atoms with Crippen LogP contribution in [-0.2, 0) is 13.1 Å². The van der Waals surface area contributed by atoms with E-state index in [4.69, 9.17) is 4.79 Å². The maximum absolute atomic E-state index is 11.6. The number of urea groups is 2. The molecule has 4 amide bonds. The van der Waals surface area contributed by atoms with Crippen LogP contribution in [0.25, 0.3) is 0 Å². The molecule has 0 spiro atoms. The van der Waals surface area contributed by atoms with Gasteiger partial charge in [0.05, 0.1) is 0 Å². The molecule has 0 saturated heterocycles. The third-order valence-corrected chi connectivity index (χ3v) is 2.59. The Morgan fingerprint density at radius 1 is 0.727 bits per heavy atom. The van der Waals surface area contributed by atoms with Gasteiger partial charge in [0.1, 0.15) is 0 Å². The highest BCUT2D eigenvalue weighted by Crippen LogP contribution is 1.98. The van der Waals surface area contributed by atoms with Gasteiger partial charge >= 0.3 is 12.1 Å². The van der Waals surface area contributed by atoms with E-state index in [-0.39, 0.29) is 6.03 Å². The molecule has 0 aliphatic carbocycles. The summed E-state index contributed by atoms with van der Waals surface area (Å²) in [5.74, 6) is 0. The standard InChI is InChI=1S/C15H16N2O.CH4N2O/c18-15(16-11-13-7-3-1-4-8-13)17-12-14-9-5-2-6-10-14;2-1(3)4/h1-10H,11-12H2,(H2,16,17,18);(H4,2,3,4). The highest BCUT2D eigenvalue weighted by atomic mass is 16.2. The monoisotopic (exact) mass is 300 g/mol. The number of carbonyl (C=O) groups excluding carboxylic acids is 2. The first-order valence-electron chi connectivity index (χ1n) is 6.72. The van der Waals surface area contributed by atoms with E-state index in [1.54, 1.807) is 0 Å². The van der Waals surface area contributed by atoms with Crippen molar-refractivity contribution >= 4 is 12.1 Å². The second-order valence-corrected chi connectivity index (χ2v) is 4.41. The van der Waals surface area contributed by atoms with Crippen molar-refractivity contribution in [3.63, 3.8) is 0 Å². The van der Waals surface area contributed by atoms with Crippen LogP contribution in [0.2, 0.25) is 0 Å². The molecule has 0 aliphatic rings. The lowest BCUT2D eigenvalue weighted by molar-refractivity contribution is 0.240. The van der Waals surface area contributed by atoms with E-state index in [2.05, 4.69) is 22.1 Å². The molecule has 0 unspecified atom stereocenters. The zero-order chi connectivity index (χ0) is 16.2. The zero-order valence-corrected chi connectivity index (χ0v) is 12.2. The summed E-state index contributed by atoms with van der Waals surface area (Å²) in [7, 11) is 0. The number of benzene rings is 2. The Bertz CT molecular complexity index is 524. The van der Waals surface area contributed by atoms with Gasteiger partial charge in [0, 0.05) is 13.1 Å². The van der Waals surface area contributed by atoms with Crippen LogP contribution in [0.15, 0.2) is 60.7 Å². The van der Waals surface area contributed by atoms with Crippen molar-refractivity contribution in [1.29, 1.82) is 0 Å². The predicted octanol–water partition coefficient (Wildman–Crippen LogP) is 1.71. The first-order valence-corrected chi connectivity index (χ1v) is 6.72. The van der Waals surface area contributed by atoms with E-state index in [9.17, 15) is 4.79 Å². The number of carbonyl (C=O) groups is 2. The van der Waals surface area contributed by atoms with Crippen molar-refractivity contribution in [2.24, 2.45) is 11.5 Å². The molecule has 0 aliphatic heterocycles. The van der Waals surface area contributed by atoms with Crippen molar-refractivity contribution in [3.8, 4) is 0 Å². The van der Waals surface area contributed by atoms with Gasteiger partial charge in [0.2, 0.25) is 0 Å². The molecule has 2 aromatic rings. The van der Waals surface area contributed by atoms with Gasteiger partial charge in [-0.25, -0.2) is 9.59 Å². The summed E-state index contributed by atoms with van der Waals surface area (Å²) < 4.78 is 0. The molecule has 0 atom stereocenters. The highest BCUT2D eigenvalue weighted by Gasteiger charge is 1.99. The summed E-state index contributed by atoms with van der Waals surface area (Å²) in [5.41, 5.74) is 10.7. The summed E-state index contributed by atoms with van der Waals surface area (Å²) in [6, 6.07) is 18.7. The lowest BCUT2D eigenvalue weighted by Gasteiger charge is -2.07. The Morgan fingerprint density at radius 2 is 1.05 bits per heavy atom. The second kappa shape index (κ2) is 9.82. The van der Waals surface area contributed by atoms with Crippen molar-refractivity contribution < 1.29 is 9.59 Å². The molecule has 6 nitrogen and oxygen atoms in total. The highest BCUT2D eigenvalue weighted by molar-refractivity contribution is 5.73. The first kappa shape index (κ1) is 17.0. The van der Waals surface area contributed by atoms with Gasteiger partial charge in [-0.3, -0.25) is 0 Å². The van der Waals surface area contributed by atoms with E-state index in [0.29, 0.717) is 13.1 Å². The summed E-state index contributed by atoms with van der Waals surface area (Å²) in [6.45, 7) is 1.09. The predicted molar refractivity (Wildman–Crippen MR) is 85.7 cm³/mol. The normalized spacial score (nSPS) is 9.09. The number of amides is 4. The molecule has 2 aromatic carbocycles. The summed E-state index contributed by atoms with van der Waals surface area (Å²) >= 11 is 0. The molecule has 0 aromatic heterocycles. The van der Waals surface area contributed by atoms with Gasteiger partial charge in [0.25, 0.3) is 0 Å². The number of hydrogen-bond acceptors (Lipinski definition) is 2. The maximum Gasteiger partial charge on any atom is 0.315 e. The van der Waals surface area contributed by atoms with E-state index in [1.807, 2.05) is 60.7 Å². The summed E-state index contributed by atoms with van der Waals surface area (Å²) in [5, 5.41) is 5.64. The Balaban J connectivity index is 0.000000541. The van der Waals surface area contributed by atoms with Crippen LogP contribution < -0.4 is 22.1 Å². The van der Waals surface area contributed by atoms with Crippen LogP contribution in [0.4, 0.5) is 9.59 Å². The fourth-order valence-electron chi connectivity index (χ4n) is 1.62. The number of nitrogens with two attached hydrogens (primary N) is 2. The minimum absolute atomic E-state index is 0.150. The zero-order valence-electron chi connectivity index (χ0n) is 12.2. The van der Waals surface area contributed by atoms with Crippen molar-refractivity contribution in [3.05, 3.63) is 71.8 Å². The molecule has 2 rings (SSSR count). The van der Waals surface area contributed by atoms with Gasteiger partial charge in [0.15, 0.2) is 0 Å². The van der Waals surface area contributed by atoms with Gasteiger partial charge in [-0.1, -0.05) is 60.7 Å². The molecule has 0 heterocycles. The molecule has 0 fully saturated rings. The first-order chi connectivity index (χ1) is 10.6. The summed E-state index contributed by atoms with van der Waals surface area (Å²) in [6.07, 6.45) is 0. The molecule has 0 saturated carbocycles. The third-order valence-electron chi connectivity index (χ3n) is 2.59. The van der Waals surface area contributed by atoms with Crippen molar-refractivity contribution in [1.82, 2.24) is 10.6 Å². The molecular formula is C16H20N4O2. The van der Waals surface area contributed by atoms with Crippen molar-refractivity contribution in [2.75, 3.05) is 0 Å². The quantitative estimate of drug-likeness (QED) is 0.689. The molecule has 22 heavy (non-hydrogen) atoms. The SMILES string of the molecule is NC(N)=O.O=C(NCc1ccccc1)NCc1ccccc1. The number of primary amides is 2. The van der Waals surface area contributed by atoms with Crippen LogP contribution in [0.1, 0.15) is 11.1 Å².